The average Bonchev–Trinajstić information content (AvgIpc) is 2.84. The van der Waals surface area contributed by atoms with Crippen molar-refractivity contribution >= 4 is 0 Å². The minimum atomic E-state index is 0.449. The molecule has 0 bridgehead atoms. The van der Waals surface area contributed by atoms with E-state index in [0.717, 1.165) is 18.1 Å². The maximum atomic E-state index is 4.55. The molecule has 1 fully saturated rings. The molecule has 0 unspecified atom stereocenters. The molecule has 1 heterocycles. The Kier molecular flexibility index (Phi) is 2.10. The zero-order chi connectivity index (χ0) is 9.42. The highest BCUT2D eigenvalue weighted by molar-refractivity contribution is 5.00. The maximum Gasteiger partial charge on any atom is 0.153 e. The number of hydrogen-bond donors (Lipinski definition) is 0. The summed E-state index contributed by atoms with van der Waals surface area (Å²) in [6.45, 7) is 6.44. The molecule has 0 radical (unpaired) electrons. The molecule has 1 aliphatic rings. The quantitative estimate of drug-likeness (QED) is 0.712. The zero-order valence-electron chi connectivity index (χ0n) is 8.62. The number of hydrogen-bond acceptors (Lipinski definition) is 2. The summed E-state index contributed by atoms with van der Waals surface area (Å²) in [5.41, 5.74) is 0. The molecule has 0 amide bonds. The van der Waals surface area contributed by atoms with Crippen molar-refractivity contribution in [3.05, 3.63) is 11.6 Å². The summed E-state index contributed by atoms with van der Waals surface area (Å²) in [6.07, 6.45) is 3.57. The van der Waals surface area contributed by atoms with Gasteiger partial charge in [-0.1, -0.05) is 20.8 Å². The lowest BCUT2D eigenvalue weighted by atomic mass is 10.2. The smallest absolute Gasteiger partial charge is 0.153 e. The standard InChI is InChI=1S/C10H17N3/c1-4-9-11-10(7(2)3)12-13(9)8-5-6-8/h7-8H,4-6H2,1-3H3. The Morgan fingerprint density at radius 1 is 1.46 bits per heavy atom. The fourth-order valence-electron chi connectivity index (χ4n) is 1.47. The molecule has 1 aliphatic carbocycles. The Morgan fingerprint density at radius 2 is 2.15 bits per heavy atom. The minimum Gasteiger partial charge on any atom is -0.247 e. The van der Waals surface area contributed by atoms with Gasteiger partial charge in [0.25, 0.3) is 0 Å². The van der Waals surface area contributed by atoms with Gasteiger partial charge in [-0.15, -0.1) is 0 Å². The van der Waals surface area contributed by atoms with E-state index in [1.807, 2.05) is 0 Å². The van der Waals surface area contributed by atoms with Crippen molar-refractivity contribution in [1.29, 1.82) is 0 Å². The van der Waals surface area contributed by atoms with E-state index in [4.69, 9.17) is 0 Å². The molecule has 0 saturated heterocycles. The predicted molar refractivity (Wildman–Crippen MR) is 51.8 cm³/mol. The van der Waals surface area contributed by atoms with Gasteiger partial charge in [0.1, 0.15) is 5.82 Å². The topological polar surface area (TPSA) is 30.7 Å². The molecule has 0 aromatic carbocycles. The Labute approximate surface area is 79.2 Å². The van der Waals surface area contributed by atoms with E-state index in [1.165, 1.54) is 12.8 Å². The summed E-state index contributed by atoms with van der Waals surface area (Å²) >= 11 is 0. The Hall–Kier alpha value is -0.860. The van der Waals surface area contributed by atoms with Crippen molar-refractivity contribution in [2.45, 2.75) is 52.0 Å². The molecule has 3 heteroatoms. The SMILES string of the molecule is CCc1nc(C(C)C)nn1C1CC1. The zero-order valence-corrected chi connectivity index (χ0v) is 8.62. The molecule has 1 aromatic rings. The van der Waals surface area contributed by atoms with Crippen LogP contribution in [0.25, 0.3) is 0 Å². The highest BCUT2D eigenvalue weighted by Crippen LogP contribution is 2.35. The molecule has 2 rings (SSSR count). The molecular formula is C10H17N3. The third-order valence-corrected chi connectivity index (χ3v) is 2.44. The van der Waals surface area contributed by atoms with Crippen LogP contribution >= 0.6 is 0 Å². The van der Waals surface area contributed by atoms with Crippen LogP contribution in [0.3, 0.4) is 0 Å². The van der Waals surface area contributed by atoms with Crippen LogP contribution in [0.5, 0.6) is 0 Å². The monoisotopic (exact) mass is 179 g/mol. The van der Waals surface area contributed by atoms with Crippen LogP contribution in [-0.4, -0.2) is 14.8 Å². The molecule has 0 aliphatic heterocycles. The number of aryl methyl sites for hydroxylation is 1. The first-order chi connectivity index (χ1) is 6.22. The van der Waals surface area contributed by atoms with Gasteiger partial charge in [-0.25, -0.2) is 9.67 Å². The summed E-state index contributed by atoms with van der Waals surface area (Å²) < 4.78 is 2.13. The summed E-state index contributed by atoms with van der Waals surface area (Å²) in [4.78, 5) is 4.54. The van der Waals surface area contributed by atoms with Crippen LogP contribution in [0, 0.1) is 0 Å². The Bertz CT molecular complexity index is 297. The molecule has 0 spiro atoms. The highest BCUT2D eigenvalue weighted by atomic mass is 15.4. The first-order valence-electron chi connectivity index (χ1n) is 5.17. The van der Waals surface area contributed by atoms with Crippen LogP contribution in [0.2, 0.25) is 0 Å². The second kappa shape index (κ2) is 3.13. The van der Waals surface area contributed by atoms with E-state index in [2.05, 4.69) is 35.5 Å². The molecular weight excluding hydrogens is 162 g/mol. The van der Waals surface area contributed by atoms with E-state index in [0.29, 0.717) is 12.0 Å². The summed E-state index contributed by atoms with van der Waals surface area (Å²) in [6, 6.07) is 0.662. The molecule has 72 valence electrons. The average molecular weight is 179 g/mol. The fourth-order valence-corrected chi connectivity index (χ4v) is 1.47. The normalized spacial score (nSPS) is 16.9. The minimum absolute atomic E-state index is 0.449. The van der Waals surface area contributed by atoms with E-state index < -0.39 is 0 Å². The van der Waals surface area contributed by atoms with E-state index >= 15 is 0 Å². The van der Waals surface area contributed by atoms with E-state index in [9.17, 15) is 0 Å². The van der Waals surface area contributed by atoms with Gasteiger partial charge < -0.3 is 0 Å². The number of rotatable bonds is 3. The lowest BCUT2D eigenvalue weighted by molar-refractivity contribution is 0.593. The lowest BCUT2D eigenvalue weighted by Gasteiger charge is -1.99. The second-order valence-corrected chi connectivity index (χ2v) is 4.07. The number of nitrogens with zero attached hydrogens (tertiary/aromatic N) is 3. The van der Waals surface area contributed by atoms with Gasteiger partial charge in [0.05, 0.1) is 6.04 Å². The van der Waals surface area contributed by atoms with Crippen LogP contribution in [0.1, 0.15) is 57.2 Å². The van der Waals surface area contributed by atoms with Crippen molar-refractivity contribution in [2.75, 3.05) is 0 Å². The first-order valence-corrected chi connectivity index (χ1v) is 5.17. The third kappa shape index (κ3) is 1.60. The van der Waals surface area contributed by atoms with Gasteiger partial charge in [0.2, 0.25) is 0 Å². The maximum absolute atomic E-state index is 4.55. The van der Waals surface area contributed by atoms with Gasteiger partial charge in [-0.05, 0) is 12.8 Å². The summed E-state index contributed by atoms with van der Waals surface area (Å²) in [5, 5.41) is 4.55. The van der Waals surface area contributed by atoms with Gasteiger partial charge in [-0.2, -0.15) is 5.10 Å². The van der Waals surface area contributed by atoms with Gasteiger partial charge in [0.15, 0.2) is 5.82 Å². The molecule has 1 aromatic heterocycles. The van der Waals surface area contributed by atoms with Crippen molar-refractivity contribution in [1.82, 2.24) is 14.8 Å². The van der Waals surface area contributed by atoms with Crippen LogP contribution in [0.4, 0.5) is 0 Å². The first kappa shape index (κ1) is 8.73. The number of aromatic nitrogens is 3. The molecule has 0 atom stereocenters. The highest BCUT2D eigenvalue weighted by Gasteiger charge is 2.27. The fraction of sp³-hybridized carbons (Fsp3) is 0.800. The van der Waals surface area contributed by atoms with Gasteiger partial charge in [-0.3, -0.25) is 0 Å². The van der Waals surface area contributed by atoms with Crippen molar-refractivity contribution in [2.24, 2.45) is 0 Å². The molecule has 13 heavy (non-hydrogen) atoms. The van der Waals surface area contributed by atoms with Gasteiger partial charge in [0, 0.05) is 12.3 Å². The van der Waals surface area contributed by atoms with Crippen molar-refractivity contribution < 1.29 is 0 Å². The summed E-state index contributed by atoms with van der Waals surface area (Å²) in [5.74, 6) is 2.61. The summed E-state index contributed by atoms with van der Waals surface area (Å²) in [7, 11) is 0. The Morgan fingerprint density at radius 3 is 2.62 bits per heavy atom. The van der Waals surface area contributed by atoms with Gasteiger partial charge >= 0.3 is 0 Å². The largest absolute Gasteiger partial charge is 0.247 e. The third-order valence-electron chi connectivity index (χ3n) is 2.44. The molecule has 0 N–H and O–H groups in total. The van der Waals surface area contributed by atoms with Crippen LogP contribution in [-0.2, 0) is 6.42 Å². The predicted octanol–water partition coefficient (Wildman–Crippen LogP) is 2.30. The lowest BCUT2D eigenvalue weighted by Crippen LogP contribution is -2.02. The van der Waals surface area contributed by atoms with Crippen molar-refractivity contribution in [3.63, 3.8) is 0 Å². The molecule has 3 nitrogen and oxygen atoms in total. The van der Waals surface area contributed by atoms with E-state index in [1.54, 1.807) is 0 Å². The second-order valence-electron chi connectivity index (χ2n) is 4.07. The van der Waals surface area contributed by atoms with Crippen LogP contribution in [0.15, 0.2) is 0 Å². The Balaban J connectivity index is 2.31. The molecule has 1 saturated carbocycles. The van der Waals surface area contributed by atoms with Crippen LogP contribution < -0.4 is 0 Å². The van der Waals surface area contributed by atoms with Crippen molar-refractivity contribution in [3.8, 4) is 0 Å². The van der Waals surface area contributed by atoms with E-state index in [-0.39, 0.29) is 0 Å².